The first kappa shape index (κ1) is 13.1. The molecule has 0 aliphatic carbocycles. The zero-order valence-electron chi connectivity index (χ0n) is 9.14. The molecular formula is C11H11NO4S. The van der Waals surface area contributed by atoms with Gasteiger partial charge in [-0.05, 0) is 24.3 Å². The molecule has 0 saturated carbocycles. The second-order valence-electron chi connectivity index (χ2n) is 3.16. The predicted octanol–water partition coefficient (Wildman–Crippen LogP) is 0.583. The molecule has 0 radical (unpaired) electrons. The van der Waals surface area contributed by atoms with Crippen molar-refractivity contribution in [2.24, 2.45) is 0 Å². The van der Waals surface area contributed by atoms with Gasteiger partial charge in [0.2, 0.25) is 10.0 Å². The van der Waals surface area contributed by atoms with Gasteiger partial charge in [0.1, 0.15) is 0 Å². The van der Waals surface area contributed by atoms with Gasteiger partial charge in [-0.1, -0.05) is 5.92 Å². The van der Waals surface area contributed by atoms with Crippen LogP contribution in [0.3, 0.4) is 0 Å². The van der Waals surface area contributed by atoms with Crippen LogP contribution in [0.5, 0.6) is 0 Å². The number of sulfonamides is 1. The van der Waals surface area contributed by atoms with E-state index in [1.54, 1.807) is 12.1 Å². The Bertz CT molecular complexity index is 540. The van der Waals surface area contributed by atoms with E-state index in [1.807, 2.05) is 0 Å². The van der Waals surface area contributed by atoms with Gasteiger partial charge in [-0.2, -0.15) is 0 Å². The number of methoxy groups -OCH3 is 1. The Balaban J connectivity index is 2.77. The van der Waals surface area contributed by atoms with Gasteiger partial charge >= 0.3 is 5.97 Å². The fraction of sp³-hybridized carbons (Fsp3) is 0.182. The summed E-state index contributed by atoms with van der Waals surface area (Å²) in [5, 5.41) is 0. The minimum absolute atomic E-state index is 0.341. The summed E-state index contributed by atoms with van der Waals surface area (Å²) in [4.78, 5) is 10.9. The van der Waals surface area contributed by atoms with E-state index < -0.39 is 21.7 Å². The molecule has 0 heterocycles. The van der Waals surface area contributed by atoms with Crippen LogP contribution in [0.4, 0.5) is 5.69 Å². The Morgan fingerprint density at radius 3 is 2.47 bits per heavy atom. The van der Waals surface area contributed by atoms with Crippen molar-refractivity contribution in [1.29, 1.82) is 0 Å². The Morgan fingerprint density at radius 1 is 1.41 bits per heavy atom. The first-order chi connectivity index (χ1) is 7.96. The standard InChI is InChI=1S/C11H11NO4S/c1-3-9-4-6-10(7-5-9)12-17(14,15)8-11(13)16-2/h1,4-7,12H,8H2,2H3. The van der Waals surface area contributed by atoms with Crippen LogP contribution in [0, 0.1) is 12.3 Å². The van der Waals surface area contributed by atoms with Crippen LogP contribution in [-0.2, 0) is 19.6 Å². The maximum Gasteiger partial charge on any atom is 0.322 e. The topological polar surface area (TPSA) is 72.5 Å². The lowest BCUT2D eigenvalue weighted by molar-refractivity contribution is -0.137. The highest BCUT2D eigenvalue weighted by Crippen LogP contribution is 2.10. The minimum Gasteiger partial charge on any atom is -0.468 e. The number of hydrogen-bond acceptors (Lipinski definition) is 4. The molecule has 0 unspecified atom stereocenters. The molecule has 5 nitrogen and oxygen atoms in total. The number of nitrogens with one attached hydrogen (secondary N) is 1. The van der Waals surface area contributed by atoms with Crippen molar-refractivity contribution in [3.63, 3.8) is 0 Å². The molecule has 0 aromatic heterocycles. The Kier molecular flexibility index (Phi) is 4.12. The fourth-order valence-corrected chi connectivity index (χ4v) is 2.06. The summed E-state index contributed by atoms with van der Waals surface area (Å²) in [7, 11) is -2.62. The van der Waals surface area contributed by atoms with Crippen molar-refractivity contribution in [3.8, 4) is 12.3 Å². The van der Waals surface area contributed by atoms with E-state index in [9.17, 15) is 13.2 Å². The largest absolute Gasteiger partial charge is 0.468 e. The summed E-state index contributed by atoms with van der Waals surface area (Å²) < 4.78 is 29.5. The smallest absolute Gasteiger partial charge is 0.322 e. The lowest BCUT2D eigenvalue weighted by Gasteiger charge is -2.06. The molecule has 0 atom stereocenters. The van der Waals surface area contributed by atoms with E-state index in [2.05, 4.69) is 15.4 Å². The molecule has 0 bridgehead atoms. The third-order valence-corrected chi connectivity index (χ3v) is 3.02. The summed E-state index contributed by atoms with van der Waals surface area (Å²) in [6.45, 7) is 0. The first-order valence-electron chi connectivity index (χ1n) is 4.61. The number of carbonyl (C=O) groups excluding carboxylic acids is 1. The van der Waals surface area contributed by atoms with Crippen molar-refractivity contribution in [2.75, 3.05) is 17.6 Å². The number of esters is 1. The van der Waals surface area contributed by atoms with Crippen LogP contribution >= 0.6 is 0 Å². The summed E-state index contributed by atoms with van der Waals surface area (Å²) >= 11 is 0. The molecule has 0 amide bonds. The molecule has 1 rings (SSSR count). The van der Waals surface area contributed by atoms with Crippen LogP contribution in [0.25, 0.3) is 0 Å². The maximum absolute atomic E-state index is 11.5. The van der Waals surface area contributed by atoms with Crippen LogP contribution in [0.1, 0.15) is 5.56 Å². The second-order valence-corrected chi connectivity index (χ2v) is 4.88. The summed E-state index contributed by atoms with van der Waals surface area (Å²) in [5.41, 5.74) is 0.980. The van der Waals surface area contributed by atoms with Gasteiger partial charge < -0.3 is 4.74 Å². The average Bonchev–Trinajstić information content (AvgIpc) is 2.28. The molecule has 90 valence electrons. The first-order valence-corrected chi connectivity index (χ1v) is 6.26. The third kappa shape index (κ3) is 4.17. The summed E-state index contributed by atoms with van der Waals surface area (Å²) in [6, 6.07) is 6.22. The summed E-state index contributed by atoms with van der Waals surface area (Å²) in [6.07, 6.45) is 5.16. The number of hydrogen-bond donors (Lipinski definition) is 1. The molecule has 17 heavy (non-hydrogen) atoms. The monoisotopic (exact) mass is 253 g/mol. The Labute approximate surface area is 99.8 Å². The SMILES string of the molecule is C#Cc1ccc(NS(=O)(=O)CC(=O)OC)cc1. The highest BCUT2D eigenvalue weighted by atomic mass is 32.2. The van der Waals surface area contributed by atoms with Gasteiger partial charge in [-0.25, -0.2) is 8.42 Å². The minimum atomic E-state index is -3.74. The molecule has 0 aliphatic heterocycles. The molecule has 1 aromatic rings. The van der Waals surface area contributed by atoms with Crippen molar-refractivity contribution < 1.29 is 17.9 Å². The van der Waals surface area contributed by atoms with E-state index >= 15 is 0 Å². The van der Waals surface area contributed by atoms with E-state index in [1.165, 1.54) is 12.1 Å². The van der Waals surface area contributed by atoms with Gasteiger partial charge in [0.25, 0.3) is 0 Å². The van der Waals surface area contributed by atoms with Crippen molar-refractivity contribution >= 4 is 21.7 Å². The molecule has 0 aliphatic rings. The molecule has 1 aromatic carbocycles. The number of ether oxygens (including phenoxy) is 1. The molecular weight excluding hydrogens is 242 g/mol. The van der Waals surface area contributed by atoms with E-state index in [0.29, 0.717) is 11.3 Å². The number of anilines is 1. The van der Waals surface area contributed by atoms with Gasteiger partial charge in [-0.15, -0.1) is 6.42 Å². The number of terminal acetylenes is 1. The predicted molar refractivity (Wildman–Crippen MR) is 63.8 cm³/mol. The molecule has 0 fully saturated rings. The van der Waals surface area contributed by atoms with Crippen molar-refractivity contribution in [1.82, 2.24) is 0 Å². The van der Waals surface area contributed by atoms with Crippen LogP contribution in [-0.4, -0.2) is 27.2 Å². The number of carbonyl (C=O) groups is 1. The highest BCUT2D eigenvalue weighted by molar-refractivity contribution is 7.93. The van der Waals surface area contributed by atoms with Crippen LogP contribution in [0.15, 0.2) is 24.3 Å². The third-order valence-electron chi connectivity index (χ3n) is 1.86. The highest BCUT2D eigenvalue weighted by Gasteiger charge is 2.16. The van der Waals surface area contributed by atoms with Crippen LogP contribution in [0.2, 0.25) is 0 Å². The number of benzene rings is 1. The van der Waals surface area contributed by atoms with Gasteiger partial charge in [-0.3, -0.25) is 9.52 Å². The summed E-state index contributed by atoms with van der Waals surface area (Å²) in [5.74, 6) is 0.864. The van der Waals surface area contributed by atoms with Crippen molar-refractivity contribution in [2.45, 2.75) is 0 Å². The zero-order valence-corrected chi connectivity index (χ0v) is 9.95. The van der Waals surface area contributed by atoms with Gasteiger partial charge in [0, 0.05) is 11.3 Å². The lowest BCUT2D eigenvalue weighted by atomic mass is 10.2. The Hall–Kier alpha value is -2.00. The van der Waals surface area contributed by atoms with Gasteiger partial charge in [0.15, 0.2) is 5.75 Å². The maximum atomic E-state index is 11.5. The lowest BCUT2D eigenvalue weighted by Crippen LogP contribution is -2.23. The quantitative estimate of drug-likeness (QED) is 0.629. The van der Waals surface area contributed by atoms with E-state index in [0.717, 1.165) is 7.11 Å². The molecule has 6 heteroatoms. The normalized spacial score (nSPS) is 10.4. The van der Waals surface area contributed by atoms with Crippen LogP contribution < -0.4 is 4.72 Å². The molecule has 0 saturated heterocycles. The second kappa shape index (κ2) is 5.37. The molecule has 0 spiro atoms. The number of rotatable bonds is 4. The van der Waals surface area contributed by atoms with E-state index in [4.69, 9.17) is 6.42 Å². The van der Waals surface area contributed by atoms with Crippen molar-refractivity contribution in [3.05, 3.63) is 29.8 Å². The molecule has 1 N–H and O–H groups in total. The average molecular weight is 253 g/mol. The Morgan fingerprint density at radius 2 is 2.00 bits per heavy atom. The van der Waals surface area contributed by atoms with Gasteiger partial charge in [0.05, 0.1) is 7.11 Å². The zero-order chi connectivity index (χ0) is 12.9. The fourth-order valence-electron chi connectivity index (χ4n) is 1.06. The van der Waals surface area contributed by atoms with E-state index in [-0.39, 0.29) is 0 Å².